The summed E-state index contributed by atoms with van der Waals surface area (Å²) in [5.74, 6) is 1.54. The Balaban J connectivity index is 2.03. The standard InChI is InChI=1S/C26H27O5P/c1-5-10-20-14-16-23(25(18-20)28-3)30-32(27,22-12-8-7-9-13-22)31-24-17-15-21(11-6-2)19-26(24)29-4/h5-9,12-19H,1-2,10-11H2,3-4H3. The summed E-state index contributed by atoms with van der Waals surface area (Å²) >= 11 is 0. The van der Waals surface area contributed by atoms with Crippen LogP contribution in [0.15, 0.2) is 92.0 Å². The van der Waals surface area contributed by atoms with Crippen LogP contribution < -0.4 is 23.8 Å². The lowest BCUT2D eigenvalue weighted by molar-refractivity contribution is 0.353. The first-order chi connectivity index (χ1) is 15.5. The van der Waals surface area contributed by atoms with Crippen molar-refractivity contribution in [3.05, 3.63) is 103 Å². The highest BCUT2D eigenvalue weighted by molar-refractivity contribution is 7.63. The topological polar surface area (TPSA) is 54.0 Å². The van der Waals surface area contributed by atoms with Gasteiger partial charge >= 0.3 is 7.60 Å². The normalized spacial score (nSPS) is 10.8. The van der Waals surface area contributed by atoms with Crippen LogP contribution in [0.5, 0.6) is 23.0 Å². The lowest BCUT2D eigenvalue weighted by Crippen LogP contribution is -2.15. The second-order valence-corrected chi connectivity index (χ2v) is 8.85. The molecule has 0 radical (unpaired) electrons. The number of hydrogen-bond acceptors (Lipinski definition) is 5. The van der Waals surface area contributed by atoms with Crippen LogP contribution in [0.2, 0.25) is 0 Å². The van der Waals surface area contributed by atoms with Crippen molar-refractivity contribution in [3.8, 4) is 23.0 Å². The molecule has 3 aromatic rings. The Morgan fingerprint density at radius 2 is 1.19 bits per heavy atom. The Morgan fingerprint density at radius 1 is 0.719 bits per heavy atom. The van der Waals surface area contributed by atoms with Gasteiger partial charge in [0.25, 0.3) is 0 Å². The zero-order chi connectivity index (χ0) is 23.0. The molecule has 0 fully saturated rings. The van der Waals surface area contributed by atoms with Crippen molar-refractivity contribution in [2.24, 2.45) is 0 Å². The van der Waals surface area contributed by atoms with Gasteiger partial charge in [-0.25, -0.2) is 4.57 Å². The van der Waals surface area contributed by atoms with E-state index in [2.05, 4.69) is 13.2 Å². The third kappa shape index (κ3) is 5.43. The van der Waals surface area contributed by atoms with Crippen molar-refractivity contribution in [2.75, 3.05) is 14.2 Å². The van der Waals surface area contributed by atoms with Gasteiger partial charge in [-0.3, -0.25) is 0 Å². The minimum atomic E-state index is -3.86. The van der Waals surface area contributed by atoms with Gasteiger partial charge in [0.05, 0.1) is 19.5 Å². The van der Waals surface area contributed by atoms with E-state index in [1.165, 1.54) is 14.2 Å². The van der Waals surface area contributed by atoms with Gasteiger partial charge in [-0.15, -0.1) is 13.2 Å². The molecule has 3 aromatic carbocycles. The number of rotatable bonds is 11. The molecule has 0 saturated heterocycles. The number of hydrogen-bond donors (Lipinski definition) is 0. The molecule has 0 unspecified atom stereocenters. The molecule has 0 heterocycles. The third-order valence-electron chi connectivity index (χ3n) is 4.73. The molecule has 166 valence electrons. The first-order valence-electron chi connectivity index (χ1n) is 10.1. The molecule has 0 aromatic heterocycles. The SMILES string of the molecule is C=CCc1ccc(OP(=O)(Oc2ccc(CC=C)cc2OC)c2ccccc2)c(OC)c1. The van der Waals surface area contributed by atoms with Crippen LogP contribution in [0.25, 0.3) is 0 Å². The fourth-order valence-electron chi connectivity index (χ4n) is 3.16. The molecule has 3 rings (SSSR count). The van der Waals surface area contributed by atoms with E-state index < -0.39 is 7.60 Å². The number of ether oxygens (including phenoxy) is 2. The van der Waals surface area contributed by atoms with E-state index in [-0.39, 0.29) is 0 Å². The highest BCUT2D eigenvalue weighted by atomic mass is 31.2. The molecular formula is C26H27O5P. The maximum absolute atomic E-state index is 14.1. The van der Waals surface area contributed by atoms with E-state index in [0.717, 1.165) is 11.1 Å². The summed E-state index contributed by atoms with van der Waals surface area (Å²) in [6.45, 7) is 7.52. The van der Waals surface area contributed by atoms with E-state index in [0.29, 0.717) is 41.1 Å². The molecule has 0 spiro atoms. The Hall–Kier alpha value is -3.43. The van der Waals surface area contributed by atoms with E-state index in [9.17, 15) is 4.57 Å². The minimum Gasteiger partial charge on any atom is -0.493 e. The molecule has 32 heavy (non-hydrogen) atoms. The summed E-state index contributed by atoms with van der Waals surface area (Å²) in [6, 6.07) is 19.7. The van der Waals surface area contributed by atoms with Gasteiger partial charge in [-0.05, 0) is 60.4 Å². The quantitative estimate of drug-likeness (QED) is 0.260. The zero-order valence-corrected chi connectivity index (χ0v) is 19.2. The second-order valence-electron chi connectivity index (χ2n) is 6.97. The minimum absolute atomic E-state index is 0.315. The fraction of sp³-hybridized carbons (Fsp3) is 0.154. The van der Waals surface area contributed by atoms with Crippen molar-refractivity contribution in [2.45, 2.75) is 12.8 Å². The monoisotopic (exact) mass is 450 g/mol. The molecule has 0 aliphatic carbocycles. The summed E-state index contributed by atoms with van der Waals surface area (Å²) in [5.41, 5.74) is 2.00. The van der Waals surface area contributed by atoms with Gasteiger partial charge in [-0.2, -0.15) is 0 Å². The van der Waals surface area contributed by atoms with E-state index >= 15 is 0 Å². The van der Waals surface area contributed by atoms with Crippen molar-refractivity contribution >= 4 is 12.9 Å². The summed E-state index contributed by atoms with van der Waals surface area (Å²) in [5, 5.41) is 0.412. The Labute approximate surface area is 189 Å². The average Bonchev–Trinajstić information content (AvgIpc) is 2.82. The van der Waals surface area contributed by atoms with E-state index in [4.69, 9.17) is 18.5 Å². The summed E-state index contributed by atoms with van der Waals surface area (Å²) < 4.78 is 37.2. The lowest BCUT2D eigenvalue weighted by atomic mass is 10.1. The Kier molecular flexibility index (Phi) is 7.80. The molecule has 0 saturated carbocycles. The van der Waals surface area contributed by atoms with Crippen molar-refractivity contribution in [1.82, 2.24) is 0 Å². The smallest absolute Gasteiger partial charge is 0.463 e. The predicted octanol–water partition coefficient (Wildman–Crippen LogP) is 6.14. The van der Waals surface area contributed by atoms with Crippen LogP contribution in [0.4, 0.5) is 0 Å². The van der Waals surface area contributed by atoms with Gasteiger partial charge < -0.3 is 18.5 Å². The largest absolute Gasteiger partial charge is 0.493 e. The maximum Gasteiger partial charge on any atom is 0.463 e. The lowest BCUT2D eigenvalue weighted by Gasteiger charge is -2.22. The van der Waals surface area contributed by atoms with Crippen LogP contribution in [0, 0.1) is 0 Å². The molecule has 0 bridgehead atoms. The van der Waals surface area contributed by atoms with E-state index in [1.54, 1.807) is 48.6 Å². The fourth-order valence-corrected chi connectivity index (χ4v) is 4.76. The zero-order valence-electron chi connectivity index (χ0n) is 18.3. The molecule has 0 N–H and O–H groups in total. The molecule has 0 aliphatic rings. The first-order valence-corrected chi connectivity index (χ1v) is 11.7. The molecule has 5 nitrogen and oxygen atoms in total. The predicted molar refractivity (Wildman–Crippen MR) is 129 cm³/mol. The van der Waals surface area contributed by atoms with Crippen LogP contribution in [-0.4, -0.2) is 14.2 Å². The molecular weight excluding hydrogens is 423 g/mol. The maximum atomic E-state index is 14.1. The molecule has 0 aliphatic heterocycles. The van der Waals surface area contributed by atoms with Crippen LogP contribution in [0.3, 0.4) is 0 Å². The van der Waals surface area contributed by atoms with Gasteiger partial charge in [0.15, 0.2) is 23.0 Å². The second kappa shape index (κ2) is 10.7. The highest BCUT2D eigenvalue weighted by Crippen LogP contribution is 2.51. The summed E-state index contributed by atoms with van der Waals surface area (Å²) in [6.07, 6.45) is 4.96. The van der Waals surface area contributed by atoms with Crippen molar-refractivity contribution in [3.63, 3.8) is 0 Å². The average molecular weight is 450 g/mol. The Morgan fingerprint density at radius 3 is 1.59 bits per heavy atom. The molecule has 0 atom stereocenters. The van der Waals surface area contributed by atoms with Crippen LogP contribution in [-0.2, 0) is 17.4 Å². The van der Waals surface area contributed by atoms with Crippen molar-refractivity contribution in [1.29, 1.82) is 0 Å². The van der Waals surface area contributed by atoms with Crippen LogP contribution in [0.1, 0.15) is 11.1 Å². The van der Waals surface area contributed by atoms with Crippen LogP contribution >= 0.6 is 7.60 Å². The summed E-state index contributed by atoms with van der Waals surface area (Å²) in [4.78, 5) is 0. The molecule has 6 heteroatoms. The van der Waals surface area contributed by atoms with Gasteiger partial charge in [0, 0.05) is 0 Å². The highest BCUT2D eigenvalue weighted by Gasteiger charge is 2.33. The van der Waals surface area contributed by atoms with Gasteiger partial charge in [-0.1, -0.05) is 42.5 Å². The number of allylic oxidation sites excluding steroid dienone is 2. The Bertz CT molecular complexity index is 1060. The van der Waals surface area contributed by atoms with Gasteiger partial charge in [0.2, 0.25) is 0 Å². The number of methoxy groups -OCH3 is 2. The third-order valence-corrected chi connectivity index (χ3v) is 6.53. The van der Waals surface area contributed by atoms with Crippen molar-refractivity contribution < 1.29 is 23.1 Å². The molecule has 0 amide bonds. The van der Waals surface area contributed by atoms with E-state index in [1.807, 2.05) is 30.3 Å². The summed E-state index contributed by atoms with van der Waals surface area (Å²) in [7, 11) is -0.783. The number of benzene rings is 3. The first kappa shape index (κ1) is 23.2. The van der Waals surface area contributed by atoms with Gasteiger partial charge in [0.1, 0.15) is 0 Å².